The Balaban J connectivity index is 2.10. The van der Waals surface area contributed by atoms with E-state index in [9.17, 15) is 0 Å². The van der Waals surface area contributed by atoms with E-state index in [1.165, 1.54) is 0 Å². The van der Waals surface area contributed by atoms with Crippen LogP contribution in [0.25, 0.3) is 5.69 Å². The zero-order valence-electron chi connectivity index (χ0n) is 12.5. The molecule has 0 fully saturated rings. The zero-order chi connectivity index (χ0) is 14.6. The van der Waals surface area contributed by atoms with Crippen molar-refractivity contribution in [3.8, 4) is 5.69 Å². The van der Waals surface area contributed by atoms with Crippen LogP contribution >= 0.6 is 0 Å². The van der Waals surface area contributed by atoms with Crippen LogP contribution in [0.1, 0.15) is 45.3 Å². The zero-order valence-corrected chi connectivity index (χ0v) is 12.5. The van der Waals surface area contributed by atoms with Crippen molar-refractivity contribution in [2.75, 3.05) is 0 Å². The number of nitrogens with one attached hydrogen (secondary N) is 1. The third-order valence-corrected chi connectivity index (χ3v) is 3.37. The maximum Gasteiger partial charge on any atom is 0.0811 e. The molecule has 1 atom stereocenters. The second kappa shape index (κ2) is 6.20. The minimum atomic E-state index is 0.0965. The highest BCUT2D eigenvalue weighted by Gasteiger charge is 2.17. The van der Waals surface area contributed by atoms with Crippen molar-refractivity contribution in [1.82, 2.24) is 15.2 Å². The van der Waals surface area contributed by atoms with Crippen molar-refractivity contribution in [1.29, 1.82) is 0 Å². The lowest BCUT2D eigenvalue weighted by Crippen LogP contribution is -2.29. The smallest absolute Gasteiger partial charge is 0.0811 e. The summed E-state index contributed by atoms with van der Waals surface area (Å²) in [5.74, 6) is 5.68. The molecule has 0 radical (unpaired) electrons. The van der Waals surface area contributed by atoms with E-state index in [2.05, 4.69) is 31.3 Å². The summed E-state index contributed by atoms with van der Waals surface area (Å²) in [6.07, 6.45) is 4.05. The molecule has 0 aliphatic heterocycles. The van der Waals surface area contributed by atoms with Crippen molar-refractivity contribution in [3.63, 3.8) is 0 Å². The lowest BCUT2D eigenvalue weighted by atomic mass is 9.88. The quantitative estimate of drug-likeness (QED) is 0.649. The number of nitrogens with two attached hydrogens (primary N) is 1. The summed E-state index contributed by atoms with van der Waals surface area (Å²) in [7, 11) is 0. The van der Waals surface area contributed by atoms with Crippen LogP contribution in [0.2, 0.25) is 0 Å². The molecule has 1 aromatic heterocycles. The Bertz CT molecular complexity index is 525. The van der Waals surface area contributed by atoms with Crippen LogP contribution in [0.4, 0.5) is 0 Å². The van der Waals surface area contributed by atoms with Gasteiger partial charge in [0.2, 0.25) is 0 Å². The molecule has 0 aliphatic carbocycles. The first-order chi connectivity index (χ1) is 9.49. The van der Waals surface area contributed by atoms with Gasteiger partial charge in [0, 0.05) is 6.20 Å². The van der Waals surface area contributed by atoms with E-state index in [4.69, 9.17) is 5.84 Å². The number of aromatic nitrogens is 2. The van der Waals surface area contributed by atoms with Gasteiger partial charge in [-0.3, -0.25) is 11.3 Å². The number of hydrogen-bond acceptors (Lipinski definition) is 3. The summed E-state index contributed by atoms with van der Waals surface area (Å²) in [5.41, 5.74) is 5.23. The normalized spacial score (nSPS) is 13.4. The van der Waals surface area contributed by atoms with Crippen LogP contribution in [0.15, 0.2) is 42.6 Å². The van der Waals surface area contributed by atoms with E-state index in [0.717, 1.165) is 24.2 Å². The van der Waals surface area contributed by atoms with E-state index >= 15 is 0 Å². The van der Waals surface area contributed by atoms with E-state index in [0.29, 0.717) is 5.41 Å². The number of hydrazine groups is 1. The Hall–Kier alpha value is -1.65. The van der Waals surface area contributed by atoms with Gasteiger partial charge in [0.1, 0.15) is 0 Å². The topological polar surface area (TPSA) is 55.9 Å². The maximum atomic E-state index is 5.68. The van der Waals surface area contributed by atoms with Gasteiger partial charge in [-0.25, -0.2) is 4.68 Å². The first-order valence-electron chi connectivity index (χ1n) is 7.07. The molecule has 2 rings (SSSR count). The van der Waals surface area contributed by atoms with Gasteiger partial charge in [-0.1, -0.05) is 39.0 Å². The van der Waals surface area contributed by atoms with Gasteiger partial charge in [-0.2, -0.15) is 5.10 Å². The summed E-state index contributed by atoms with van der Waals surface area (Å²) >= 11 is 0. The first-order valence-corrected chi connectivity index (χ1v) is 7.07. The largest absolute Gasteiger partial charge is 0.271 e. The Kier molecular flexibility index (Phi) is 4.57. The summed E-state index contributed by atoms with van der Waals surface area (Å²) in [6, 6.07) is 12.2. The summed E-state index contributed by atoms with van der Waals surface area (Å²) in [6.45, 7) is 6.72. The molecule has 2 aromatic rings. The second-order valence-electron chi connectivity index (χ2n) is 6.34. The fraction of sp³-hybridized carbons (Fsp3) is 0.438. The van der Waals surface area contributed by atoms with Crippen molar-refractivity contribution < 1.29 is 0 Å². The van der Waals surface area contributed by atoms with Crippen LogP contribution < -0.4 is 11.3 Å². The van der Waals surface area contributed by atoms with Gasteiger partial charge in [0.15, 0.2) is 0 Å². The molecular formula is C16H24N4. The molecule has 0 saturated heterocycles. The summed E-state index contributed by atoms with van der Waals surface area (Å²) in [5, 5.41) is 4.63. The average Bonchev–Trinajstić information content (AvgIpc) is 2.89. The molecule has 0 aliphatic rings. The van der Waals surface area contributed by atoms with Gasteiger partial charge in [0.05, 0.1) is 17.4 Å². The third-order valence-electron chi connectivity index (χ3n) is 3.37. The van der Waals surface area contributed by atoms with Gasteiger partial charge >= 0.3 is 0 Å². The van der Waals surface area contributed by atoms with Crippen LogP contribution in [-0.2, 0) is 0 Å². The molecule has 1 aromatic carbocycles. The first kappa shape index (κ1) is 14.8. The Morgan fingerprint density at radius 2 is 1.90 bits per heavy atom. The predicted octanol–water partition coefficient (Wildman–Crippen LogP) is 3.20. The van der Waals surface area contributed by atoms with Crippen LogP contribution in [0.5, 0.6) is 0 Å². The highest BCUT2D eigenvalue weighted by atomic mass is 15.3. The van der Waals surface area contributed by atoms with Gasteiger partial charge in [-0.15, -0.1) is 0 Å². The van der Waals surface area contributed by atoms with Crippen LogP contribution in [0, 0.1) is 5.41 Å². The SMILES string of the molecule is CC(C)(C)CCC(NN)c1ccn(-c2ccccc2)n1. The molecule has 0 saturated carbocycles. The van der Waals surface area contributed by atoms with E-state index in [1.807, 2.05) is 47.3 Å². The highest BCUT2D eigenvalue weighted by Crippen LogP contribution is 2.26. The Morgan fingerprint density at radius 1 is 1.20 bits per heavy atom. The second-order valence-corrected chi connectivity index (χ2v) is 6.34. The lowest BCUT2D eigenvalue weighted by molar-refractivity contribution is 0.331. The van der Waals surface area contributed by atoms with Gasteiger partial charge in [0.25, 0.3) is 0 Å². The number of rotatable bonds is 5. The highest BCUT2D eigenvalue weighted by molar-refractivity contribution is 5.30. The van der Waals surface area contributed by atoms with Crippen LogP contribution in [-0.4, -0.2) is 9.78 Å². The molecular weight excluding hydrogens is 248 g/mol. The third kappa shape index (κ3) is 3.92. The molecule has 4 heteroatoms. The minimum Gasteiger partial charge on any atom is -0.271 e. The molecule has 0 bridgehead atoms. The Labute approximate surface area is 121 Å². The number of para-hydroxylation sites is 1. The fourth-order valence-corrected chi connectivity index (χ4v) is 2.14. The molecule has 0 amide bonds. The fourth-order valence-electron chi connectivity index (χ4n) is 2.14. The van der Waals surface area contributed by atoms with E-state index in [-0.39, 0.29) is 6.04 Å². The summed E-state index contributed by atoms with van der Waals surface area (Å²) < 4.78 is 1.89. The maximum absolute atomic E-state index is 5.68. The van der Waals surface area contributed by atoms with E-state index < -0.39 is 0 Å². The Morgan fingerprint density at radius 3 is 2.50 bits per heavy atom. The number of nitrogens with zero attached hydrogens (tertiary/aromatic N) is 2. The molecule has 20 heavy (non-hydrogen) atoms. The van der Waals surface area contributed by atoms with Gasteiger partial charge in [-0.05, 0) is 36.5 Å². The molecule has 4 nitrogen and oxygen atoms in total. The molecule has 108 valence electrons. The van der Waals surface area contributed by atoms with Crippen LogP contribution in [0.3, 0.4) is 0 Å². The van der Waals surface area contributed by atoms with Crippen molar-refractivity contribution in [2.45, 2.75) is 39.7 Å². The minimum absolute atomic E-state index is 0.0965. The monoisotopic (exact) mass is 272 g/mol. The predicted molar refractivity (Wildman–Crippen MR) is 82.3 cm³/mol. The number of benzene rings is 1. The number of hydrogen-bond donors (Lipinski definition) is 2. The lowest BCUT2D eigenvalue weighted by Gasteiger charge is -2.21. The average molecular weight is 272 g/mol. The van der Waals surface area contributed by atoms with Crippen molar-refractivity contribution in [2.24, 2.45) is 11.3 Å². The molecule has 1 heterocycles. The van der Waals surface area contributed by atoms with Gasteiger partial charge < -0.3 is 0 Å². The standard InChI is InChI=1S/C16H24N4/c1-16(2,3)11-9-14(18-17)15-10-12-20(19-15)13-7-5-4-6-8-13/h4-8,10,12,14,18H,9,11,17H2,1-3H3. The molecule has 3 N–H and O–H groups in total. The molecule has 0 spiro atoms. The van der Waals surface area contributed by atoms with Crippen molar-refractivity contribution in [3.05, 3.63) is 48.3 Å². The van der Waals surface area contributed by atoms with Crippen molar-refractivity contribution >= 4 is 0 Å². The summed E-state index contributed by atoms with van der Waals surface area (Å²) in [4.78, 5) is 0. The molecule has 1 unspecified atom stereocenters. The van der Waals surface area contributed by atoms with E-state index in [1.54, 1.807) is 0 Å².